The van der Waals surface area contributed by atoms with E-state index in [0.717, 1.165) is 31.5 Å². The number of amides is 1. The van der Waals surface area contributed by atoms with Crippen molar-refractivity contribution in [3.05, 3.63) is 29.8 Å². The van der Waals surface area contributed by atoms with E-state index < -0.39 is 0 Å². The van der Waals surface area contributed by atoms with Gasteiger partial charge in [-0.15, -0.1) is 0 Å². The quantitative estimate of drug-likeness (QED) is 0.874. The Morgan fingerprint density at radius 2 is 2.05 bits per heavy atom. The van der Waals surface area contributed by atoms with Crippen LogP contribution in [-0.2, 0) is 11.2 Å². The Morgan fingerprint density at radius 1 is 1.32 bits per heavy atom. The van der Waals surface area contributed by atoms with Gasteiger partial charge in [-0.1, -0.05) is 32.4 Å². The molecule has 1 aromatic rings. The lowest BCUT2D eigenvalue weighted by molar-refractivity contribution is -0.119. The van der Waals surface area contributed by atoms with Crippen LogP contribution in [-0.4, -0.2) is 18.5 Å². The van der Waals surface area contributed by atoms with Crippen LogP contribution in [0.4, 0.5) is 5.69 Å². The van der Waals surface area contributed by atoms with Crippen molar-refractivity contribution in [2.45, 2.75) is 45.6 Å². The van der Waals surface area contributed by atoms with Gasteiger partial charge in [0, 0.05) is 5.69 Å². The van der Waals surface area contributed by atoms with Crippen LogP contribution in [0.5, 0.6) is 0 Å². The van der Waals surface area contributed by atoms with Crippen molar-refractivity contribution < 1.29 is 4.79 Å². The van der Waals surface area contributed by atoms with Gasteiger partial charge in [0.15, 0.2) is 0 Å². The zero-order valence-electron chi connectivity index (χ0n) is 11.9. The molecule has 1 fully saturated rings. The Kier molecular flexibility index (Phi) is 4.97. The topological polar surface area (TPSA) is 41.1 Å². The smallest absolute Gasteiger partial charge is 0.241 e. The molecular weight excluding hydrogens is 236 g/mol. The first-order valence-electron chi connectivity index (χ1n) is 7.36. The van der Waals surface area contributed by atoms with Crippen LogP contribution < -0.4 is 10.6 Å². The lowest BCUT2D eigenvalue weighted by atomic mass is 9.90. The summed E-state index contributed by atoms with van der Waals surface area (Å²) in [6.07, 6.45) is 4.33. The highest BCUT2D eigenvalue weighted by molar-refractivity contribution is 5.94. The summed E-state index contributed by atoms with van der Waals surface area (Å²) in [5.74, 6) is 0.780. The van der Waals surface area contributed by atoms with Gasteiger partial charge in [-0.05, 0) is 49.4 Å². The third-order valence-corrected chi connectivity index (χ3v) is 4.04. The van der Waals surface area contributed by atoms with Gasteiger partial charge >= 0.3 is 0 Å². The minimum atomic E-state index is -0.0375. The van der Waals surface area contributed by atoms with Gasteiger partial charge in [0.25, 0.3) is 0 Å². The predicted molar refractivity (Wildman–Crippen MR) is 79.3 cm³/mol. The highest BCUT2D eigenvalue weighted by atomic mass is 16.2. The molecule has 1 heterocycles. The lowest BCUT2D eigenvalue weighted by Crippen LogP contribution is -2.46. The molecule has 0 aromatic heterocycles. The number of hydrogen-bond donors (Lipinski definition) is 2. The van der Waals surface area contributed by atoms with Gasteiger partial charge in [0.1, 0.15) is 0 Å². The molecule has 3 heteroatoms. The number of carbonyl (C=O) groups is 1. The molecule has 1 aliphatic heterocycles. The van der Waals surface area contributed by atoms with E-state index in [2.05, 4.69) is 36.6 Å². The van der Waals surface area contributed by atoms with Crippen LogP contribution in [0.25, 0.3) is 0 Å². The maximum absolute atomic E-state index is 12.2. The van der Waals surface area contributed by atoms with Crippen molar-refractivity contribution in [2.75, 3.05) is 11.9 Å². The Hall–Kier alpha value is -1.35. The number of aryl methyl sites for hydroxylation is 1. The maximum atomic E-state index is 12.2. The van der Waals surface area contributed by atoms with E-state index >= 15 is 0 Å². The molecule has 2 atom stereocenters. The zero-order valence-corrected chi connectivity index (χ0v) is 11.9. The van der Waals surface area contributed by atoms with Crippen LogP contribution in [0.15, 0.2) is 24.3 Å². The fourth-order valence-corrected chi connectivity index (χ4v) is 2.62. The summed E-state index contributed by atoms with van der Waals surface area (Å²) >= 11 is 0. The van der Waals surface area contributed by atoms with Crippen molar-refractivity contribution in [1.82, 2.24) is 5.32 Å². The maximum Gasteiger partial charge on any atom is 0.241 e. The second-order valence-electron chi connectivity index (χ2n) is 5.35. The Morgan fingerprint density at radius 3 is 2.68 bits per heavy atom. The standard InChI is InChI=1S/C16H24N2O/c1-3-12-5-7-14(8-6-12)18-16(19)15-11-13(4-2)9-10-17-15/h5-8,13,15,17H,3-4,9-11H2,1-2H3,(H,18,19). The van der Waals surface area contributed by atoms with Crippen molar-refractivity contribution in [1.29, 1.82) is 0 Å². The van der Waals surface area contributed by atoms with E-state index in [9.17, 15) is 4.79 Å². The Balaban J connectivity index is 1.92. The molecular formula is C16H24N2O. The van der Waals surface area contributed by atoms with Crippen molar-refractivity contribution in [3.63, 3.8) is 0 Å². The van der Waals surface area contributed by atoms with Gasteiger partial charge in [0.05, 0.1) is 6.04 Å². The number of hydrogen-bond acceptors (Lipinski definition) is 2. The van der Waals surface area contributed by atoms with Crippen molar-refractivity contribution in [3.8, 4) is 0 Å². The molecule has 3 nitrogen and oxygen atoms in total. The van der Waals surface area contributed by atoms with Gasteiger partial charge < -0.3 is 10.6 Å². The van der Waals surface area contributed by atoms with Crippen molar-refractivity contribution in [2.24, 2.45) is 5.92 Å². The molecule has 0 bridgehead atoms. The predicted octanol–water partition coefficient (Wildman–Crippen LogP) is 2.97. The molecule has 2 rings (SSSR count). The van der Waals surface area contributed by atoms with Crippen LogP contribution in [0, 0.1) is 5.92 Å². The number of carbonyl (C=O) groups excluding carboxylic acids is 1. The van der Waals surface area contributed by atoms with E-state index in [0.29, 0.717) is 5.92 Å². The molecule has 2 unspecified atom stereocenters. The van der Waals surface area contributed by atoms with Crippen LogP contribution >= 0.6 is 0 Å². The Labute approximate surface area is 115 Å². The summed E-state index contributed by atoms with van der Waals surface area (Å²) in [4.78, 5) is 12.2. The summed E-state index contributed by atoms with van der Waals surface area (Å²) in [7, 11) is 0. The lowest BCUT2D eigenvalue weighted by Gasteiger charge is -2.28. The highest BCUT2D eigenvalue weighted by Crippen LogP contribution is 2.20. The molecule has 1 amide bonds. The second-order valence-corrected chi connectivity index (χ2v) is 5.35. The number of anilines is 1. The largest absolute Gasteiger partial charge is 0.325 e. The van der Waals surface area contributed by atoms with Crippen LogP contribution in [0.1, 0.15) is 38.7 Å². The molecule has 19 heavy (non-hydrogen) atoms. The summed E-state index contributed by atoms with van der Waals surface area (Å²) in [5, 5.41) is 6.32. The third kappa shape index (κ3) is 3.80. The molecule has 0 spiro atoms. The fraction of sp³-hybridized carbons (Fsp3) is 0.562. The van der Waals surface area contributed by atoms with E-state index in [4.69, 9.17) is 0 Å². The molecule has 2 N–H and O–H groups in total. The molecule has 1 saturated heterocycles. The van der Waals surface area contributed by atoms with E-state index in [-0.39, 0.29) is 11.9 Å². The summed E-state index contributed by atoms with van der Waals surface area (Å²) in [6, 6.07) is 8.06. The van der Waals surface area contributed by atoms with Crippen LogP contribution in [0.2, 0.25) is 0 Å². The summed E-state index contributed by atoms with van der Waals surface area (Å²) < 4.78 is 0. The second kappa shape index (κ2) is 6.71. The molecule has 1 aliphatic rings. The third-order valence-electron chi connectivity index (χ3n) is 4.04. The molecule has 0 saturated carbocycles. The van der Waals surface area contributed by atoms with Gasteiger partial charge in [-0.2, -0.15) is 0 Å². The summed E-state index contributed by atoms with van der Waals surface area (Å²) in [5.41, 5.74) is 2.18. The number of benzene rings is 1. The molecule has 0 aliphatic carbocycles. The van der Waals surface area contributed by atoms with Crippen LogP contribution in [0.3, 0.4) is 0 Å². The van der Waals surface area contributed by atoms with Crippen molar-refractivity contribution >= 4 is 11.6 Å². The van der Waals surface area contributed by atoms with Gasteiger partial charge in [-0.25, -0.2) is 0 Å². The van der Waals surface area contributed by atoms with Gasteiger partial charge in [-0.3, -0.25) is 4.79 Å². The number of piperidine rings is 1. The fourth-order valence-electron chi connectivity index (χ4n) is 2.62. The zero-order chi connectivity index (χ0) is 13.7. The summed E-state index contributed by atoms with van der Waals surface area (Å²) in [6.45, 7) is 5.28. The monoisotopic (exact) mass is 260 g/mol. The van der Waals surface area contributed by atoms with Gasteiger partial charge in [0.2, 0.25) is 5.91 Å². The first-order chi connectivity index (χ1) is 9.22. The first-order valence-corrected chi connectivity index (χ1v) is 7.36. The normalized spacial score (nSPS) is 23.1. The number of rotatable bonds is 4. The number of nitrogens with one attached hydrogen (secondary N) is 2. The molecule has 0 radical (unpaired) electrons. The average Bonchev–Trinajstić information content (AvgIpc) is 2.48. The highest BCUT2D eigenvalue weighted by Gasteiger charge is 2.25. The average molecular weight is 260 g/mol. The van der Waals surface area contributed by atoms with E-state index in [1.807, 2.05) is 12.1 Å². The first kappa shape index (κ1) is 14.1. The van der Waals surface area contributed by atoms with E-state index in [1.165, 1.54) is 12.0 Å². The molecule has 104 valence electrons. The minimum absolute atomic E-state index is 0.0375. The Bertz CT molecular complexity index is 413. The molecule has 1 aromatic carbocycles. The van der Waals surface area contributed by atoms with E-state index in [1.54, 1.807) is 0 Å². The SMILES string of the molecule is CCc1ccc(NC(=O)C2CC(CC)CCN2)cc1. The minimum Gasteiger partial charge on any atom is -0.325 e.